The van der Waals surface area contributed by atoms with Crippen molar-refractivity contribution in [1.82, 2.24) is 16.0 Å². The van der Waals surface area contributed by atoms with Crippen LogP contribution in [0.3, 0.4) is 0 Å². The van der Waals surface area contributed by atoms with E-state index in [-0.39, 0.29) is 23.8 Å². The van der Waals surface area contributed by atoms with Gasteiger partial charge in [0.25, 0.3) is 0 Å². The number of carbonyl (C=O) groups excluding carboxylic acids is 3. The molecule has 0 aromatic heterocycles. The fourth-order valence-electron chi connectivity index (χ4n) is 3.54. The van der Waals surface area contributed by atoms with Gasteiger partial charge in [-0.05, 0) is 48.4 Å². The van der Waals surface area contributed by atoms with Gasteiger partial charge >= 0.3 is 0 Å². The van der Waals surface area contributed by atoms with Crippen molar-refractivity contribution in [2.45, 2.75) is 52.1 Å². The van der Waals surface area contributed by atoms with E-state index in [4.69, 9.17) is 23.2 Å². The van der Waals surface area contributed by atoms with E-state index in [0.29, 0.717) is 41.4 Å². The average Bonchev–Trinajstić information content (AvgIpc) is 3.09. The van der Waals surface area contributed by atoms with E-state index in [9.17, 15) is 19.5 Å². The summed E-state index contributed by atoms with van der Waals surface area (Å²) < 4.78 is 0. The lowest BCUT2D eigenvalue weighted by molar-refractivity contribution is -0.129. The lowest BCUT2D eigenvalue weighted by Gasteiger charge is -2.28. The molecule has 1 aromatic carbocycles. The van der Waals surface area contributed by atoms with Crippen LogP contribution in [0.5, 0.6) is 0 Å². The van der Waals surface area contributed by atoms with Crippen molar-refractivity contribution in [3.05, 3.63) is 39.9 Å². The van der Waals surface area contributed by atoms with E-state index < -0.39 is 23.9 Å². The summed E-state index contributed by atoms with van der Waals surface area (Å²) in [6, 6.07) is 3.56. The lowest BCUT2D eigenvalue weighted by atomic mass is 9.87. The minimum absolute atomic E-state index is 0.0664. The zero-order chi connectivity index (χ0) is 23.9. The van der Waals surface area contributed by atoms with E-state index in [1.54, 1.807) is 24.3 Å². The Morgan fingerprint density at radius 2 is 2.00 bits per heavy atom. The largest absolute Gasteiger partial charge is 0.394 e. The second-order valence-corrected chi connectivity index (χ2v) is 10.1. The number of hydrogen-bond acceptors (Lipinski definition) is 4. The second kappa shape index (κ2) is 11.7. The predicted molar refractivity (Wildman–Crippen MR) is 126 cm³/mol. The highest BCUT2D eigenvalue weighted by Crippen LogP contribution is 2.23. The molecule has 1 heterocycles. The van der Waals surface area contributed by atoms with E-state index in [1.165, 1.54) is 6.08 Å². The van der Waals surface area contributed by atoms with Crippen LogP contribution in [0.1, 0.15) is 45.6 Å². The van der Waals surface area contributed by atoms with Crippen LogP contribution in [0.4, 0.5) is 0 Å². The van der Waals surface area contributed by atoms with Crippen LogP contribution in [-0.2, 0) is 14.4 Å². The Morgan fingerprint density at radius 3 is 2.56 bits per heavy atom. The first kappa shape index (κ1) is 26.2. The Kier molecular flexibility index (Phi) is 9.55. The summed E-state index contributed by atoms with van der Waals surface area (Å²) in [5.74, 6) is -1.15. The number of nitrogens with one attached hydrogen (secondary N) is 3. The predicted octanol–water partition coefficient (Wildman–Crippen LogP) is 2.93. The van der Waals surface area contributed by atoms with Gasteiger partial charge in [-0.15, -0.1) is 0 Å². The second-order valence-electron chi connectivity index (χ2n) is 9.23. The van der Waals surface area contributed by atoms with Gasteiger partial charge in [0.2, 0.25) is 17.7 Å². The van der Waals surface area contributed by atoms with Crippen molar-refractivity contribution in [3.8, 4) is 0 Å². The molecule has 176 valence electrons. The molecule has 1 aromatic rings. The van der Waals surface area contributed by atoms with Crippen LogP contribution in [0.2, 0.25) is 10.0 Å². The lowest BCUT2D eigenvalue weighted by Crippen LogP contribution is -2.52. The van der Waals surface area contributed by atoms with Gasteiger partial charge in [0.1, 0.15) is 6.04 Å². The van der Waals surface area contributed by atoms with Crippen molar-refractivity contribution in [1.29, 1.82) is 0 Å². The zero-order valence-corrected chi connectivity index (χ0v) is 20.1. The molecule has 0 spiro atoms. The van der Waals surface area contributed by atoms with E-state index in [2.05, 4.69) is 16.0 Å². The summed E-state index contributed by atoms with van der Waals surface area (Å²) in [5.41, 5.74) is 0.386. The molecular weight excluding hydrogens is 453 g/mol. The molecule has 7 nitrogen and oxygen atoms in total. The molecule has 0 radical (unpaired) electrons. The first-order chi connectivity index (χ1) is 15.0. The third-order valence-electron chi connectivity index (χ3n) is 5.12. The Balaban J connectivity index is 2.05. The molecule has 0 aliphatic carbocycles. The van der Waals surface area contributed by atoms with Crippen molar-refractivity contribution < 1.29 is 19.5 Å². The smallest absolute Gasteiger partial charge is 0.244 e. The number of halogens is 2. The van der Waals surface area contributed by atoms with Gasteiger partial charge < -0.3 is 21.1 Å². The van der Waals surface area contributed by atoms with E-state index in [1.807, 2.05) is 20.8 Å². The Morgan fingerprint density at radius 1 is 1.28 bits per heavy atom. The van der Waals surface area contributed by atoms with Crippen molar-refractivity contribution in [3.63, 3.8) is 0 Å². The molecule has 0 bridgehead atoms. The fraction of sp³-hybridized carbons (Fsp3) is 0.522. The molecule has 1 aliphatic rings. The highest BCUT2D eigenvalue weighted by Gasteiger charge is 2.31. The van der Waals surface area contributed by atoms with E-state index >= 15 is 0 Å². The quantitative estimate of drug-likeness (QED) is 0.405. The van der Waals surface area contributed by atoms with Gasteiger partial charge in [-0.1, -0.05) is 50.0 Å². The van der Waals surface area contributed by atoms with Crippen LogP contribution in [0.15, 0.2) is 24.3 Å². The van der Waals surface area contributed by atoms with Gasteiger partial charge in [-0.3, -0.25) is 14.4 Å². The van der Waals surface area contributed by atoms with E-state index in [0.717, 1.165) is 0 Å². The number of hydrogen-bond donors (Lipinski definition) is 4. The highest BCUT2D eigenvalue weighted by molar-refractivity contribution is 6.35. The van der Waals surface area contributed by atoms with Gasteiger partial charge in [0, 0.05) is 28.6 Å². The summed E-state index contributed by atoms with van der Waals surface area (Å²) in [7, 11) is 0. The molecule has 1 fully saturated rings. The van der Waals surface area contributed by atoms with Crippen LogP contribution in [0, 0.1) is 11.3 Å². The molecule has 3 amide bonds. The monoisotopic (exact) mass is 483 g/mol. The molecule has 32 heavy (non-hydrogen) atoms. The maximum absolute atomic E-state index is 12.9. The fourth-order valence-corrected chi connectivity index (χ4v) is 4.01. The summed E-state index contributed by atoms with van der Waals surface area (Å²) in [5, 5.41) is 18.9. The standard InChI is InChI=1S/C23H31Cl2N3O4/c1-23(2,3)12-19(22(32)27-17(13-29)10-15-8-9-26-21(15)31)28-20(30)7-5-14-4-6-16(24)11-18(14)25/h4-7,11,15,17,19,29H,8-10,12-13H2,1-3H3,(H,26,31)(H,27,32)(H,28,30)/b7-5+/t15-,17-,19-/m0/s1. The molecule has 3 atom stereocenters. The summed E-state index contributed by atoms with van der Waals surface area (Å²) in [6.45, 7) is 6.21. The first-order valence-electron chi connectivity index (χ1n) is 10.6. The molecule has 0 unspecified atom stereocenters. The number of rotatable bonds is 9. The first-order valence-corrected chi connectivity index (χ1v) is 11.4. The minimum Gasteiger partial charge on any atom is -0.394 e. The summed E-state index contributed by atoms with van der Waals surface area (Å²) in [4.78, 5) is 37.3. The number of amides is 3. The number of benzene rings is 1. The van der Waals surface area contributed by atoms with Crippen LogP contribution >= 0.6 is 23.2 Å². The van der Waals surface area contributed by atoms with Crippen molar-refractivity contribution in [2.24, 2.45) is 11.3 Å². The van der Waals surface area contributed by atoms with Crippen LogP contribution < -0.4 is 16.0 Å². The maximum Gasteiger partial charge on any atom is 0.244 e. The molecule has 1 aliphatic heterocycles. The molecule has 1 saturated heterocycles. The topological polar surface area (TPSA) is 108 Å². The molecule has 9 heteroatoms. The number of carbonyl (C=O) groups is 3. The molecule has 4 N–H and O–H groups in total. The van der Waals surface area contributed by atoms with Gasteiger partial charge in [-0.25, -0.2) is 0 Å². The summed E-state index contributed by atoms with van der Waals surface area (Å²) in [6.07, 6.45) is 4.27. The van der Waals surface area contributed by atoms with Crippen molar-refractivity contribution in [2.75, 3.05) is 13.2 Å². The Hall–Kier alpha value is -2.09. The third kappa shape index (κ3) is 8.45. The highest BCUT2D eigenvalue weighted by atomic mass is 35.5. The van der Waals surface area contributed by atoms with Gasteiger partial charge in [0.15, 0.2) is 0 Å². The minimum atomic E-state index is -0.806. The van der Waals surface area contributed by atoms with Crippen LogP contribution in [-0.4, -0.2) is 48.1 Å². The Bertz CT molecular complexity index is 867. The SMILES string of the molecule is CC(C)(C)C[C@H](NC(=O)/C=C/c1ccc(Cl)cc1Cl)C(=O)N[C@H](CO)C[C@@H]1CCNC1=O. The molecular formula is C23H31Cl2N3O4. The molecule has 2 rings (SSSR count). The van der Waals surface area contributed by atoms with Gasteiger partial charge in [0.05, 0.1) is 12.6 Å². The van der Waals surface area contributed by atoms with Crippen LogP contribution in [0.25, 0.3) is 6.08 Å². The number of aliphatic hydroxyl groups excluding tert-OH is 1. The maximum atomic E-state index is 12.9. The summed E-state index contributed by atoms with van der Waals surface area (Å²) >= 11 is 12.0. The average molecular weight is 484 g/mol. The molecule has 0 saturated carbocycles. The number of aliphatic hydroxyl groups is 1. The third-order valence-corrected chi connectivity index (χ3v) is 5.69. The van der Waals surface area contributed by atoms with Gasteiger partial charge in [-0.2, -0.15) is 0 Å². The Labute approximate surface area is 198 Å². The normalized spacial score (nSPS) is 18.3. The zero-order valence-electron chi connectivity index (χ0n) is 18.6. The van der Waals surface area contributed by atoms with Crippen molar-refractivity contribution >= 4 is 47.0 Å².